The Morgan fingerprint density at radius 1 is 1.40 bits per heavy atom. The Labute approximate surface area is 120 Å². The average molecular weight is 298 g/mol. The molecule has 1 saturated heterocycles. The van der Waals surface area contributed by atoms with Gasteiger partial charge in [-0.3, -0.25) is 0 Å². The van der Waals surface area contributed by atoms with E-state index in [9.17, 15) is 8.42 Å². The van der Waals surface area contributed by atoms with Crippen molar-refractivity contribution in [1.29, 1.82) is 0 Å². The van der Waals surface area contributed by atoms with Crippen molar-refractivity contribution in [3.05, 3.63) is 11.8 Å². The zero-order valence-corrected chi connectivity index (χ0v) is 13.0. The summed E-state index contributed by atoms with van der Waals surface area (Å²) in [6.45, 7) is 7.00. The van der Waals surface area contributed by atoms with E-state index in [4.69, 9.17) is 0 Å². The number of hydrogen-bond donors (Lipinski definition) is 2. The summed E-state index contributed by atoms with van der Waals surface area (Å²) in [5.74, 6) is 2.21. The van der Waals surface area contributed by atoms with E-state index in [-0.39, 0.29) is 17.5 Å². The van der Waals surface area contributed by atoms with Gasteiger partial charge in [0.15, 0.2) is 9.84 Å². The Morgan fingerprint density at radius 3 is 2.75 bits per heavy atom. The lowest BCUT2D eigenvalue weighted by Crippen LogP contribution is -2.22. The highest BCUT2D eigenvalue weighted by Crippen LogP contribution is 2.17. The van der Waals surface area contributed by atoms with Crippen LogP contribution >= 0.6 is 0 Å². The monoisotopic (exact) mass is 298 g/mol. The number of nitrogens with one attached hydrogen (secondary N) is 2. The molecule has 7 heteroatoms. The second-order valence-electron chi connectivity index (χ2n) is 5.74. The molecule has 0 radical (unpaired) electrons. The van der Waals surface area contributed by atoms with E-state index in [2.05, 4.69) is 34.4 Å². The third kappa shape index (κ3) is 4.33. The maximum Gasteiger partial charge on any atom is 0.225 e. The highest BCUT2D eigenvalue weighted by molar-refractivity contribution is 7.91. The molecule has 1 fully saturated rings. The number of sulfone groups is 1. The molecule has 1 atom stereocenters. The molecule has 1 aliphatic rings. The van der Waals surface area contributed by atoms with Crippen LogP contribution in [0.1, 0.15) is 26.0 Å². The van der Waals surface area contributed by atoms with Crippen LogP contribution < -0.4 is 10.6 Å². The summed E-state index contributed by atoms with van der Waals surface area (Å²) in [4.78, 5) is 8.70. The van der Waals surface area contributed by atoms with Crippen LogP contribution in [0.5, 0.6) is 0 Å². The molecule has 6 nitrogen and oxygen atoms in total. The molecule has 0 saturated carbocycles. The van der Waals surface area contributed by atoms with Gasteiger partial charge in [-0.25, -0.2) is 13.4 Å². The summed E-state index contributed by atoms with van der Waals surface area (Å²) in [7, 11) is -2.89. The first kappa shape index (κ1) is 15.0. The molecule has 0 aromatic carbocycles. The van der Waals surface area contributed by atoms with E-state index >= 15 is 0 Å². The Morgan fingerprint density at radius 2 is 2.15 bits per heavy atom. The zero-order valence-electron chi connectivity index (χ0n) is 12.2. The number of rotatable bonds is 5. The summed E-state index contributed by atoms with van der Waals surface area (Å²) in [6, 6.07) is 1.80. The van der Waals surface area contributed by atoms with Gasteiger partial charge < -0.3 is 10.6 Å². The van der Waals surface area contributed by atoms with Crippen molar-refractivity contribution in [3.63, 3.8) is 0 Å². The average Bonchev–Trinajstić information content (AvgIpc) is 2.65. The lowest BCUT2D eigenvalue weighted by atomic mass is 10.2. The van der Waals surface area contributed by atoms with Gasteiger partial charge in [0.05, 0.1) is 11.5 Å². The van der Waals surface area contributed by atoms with E-state index < -0.39 is 9.84 Å². The first-order chi connectivity index (χ1) is 9.34. The minimum atomic E-state index is -2.89. The zero-order chi connectivity index (χ0) is 14.8. The van der Waals surface area contributed by atoms with Crippen LogP contribution in [-0.2, 0) is 9.84 Å². The topological polar surface area (TPSA) is 84.0 Å². The first-order valence-electron chi connectivity index (χ1n) is 6.90. The SMILES string of the molecule is Cc1cc(NCC(C)C)nc(NC2CCS(=O)(=O)C2)n1. The fraction of sp³-hybridized carbons (Fsp3) is 0.692. The normalized spacial score (nSPS) is 21.1. The first-order valence-corrected chi connectivity index (χ1v) is 8.73. The second-order valence-corrected chi connectivity index (χ2v) is 7.97. The van der Waals surface area contributed by atoms with Crippen LogP contribution in [-0.4, -0.2) is 42.5 Å². The molecule has 20 heavy (non-hydrogen) atoms. The molecule has 2 heterocycles. The van der Waals surface area contributed by atoms with Gasteiger partial charge in [0.2, 0.25) is 5.95 Å². The van der Waals surface area contributed by atoms with E-state index in [0.717, 1.165) is 18.1 Å². The van der Waals surface area contributed by atoms with Crippen LogP contribution in [0.3, 0.4) is 0 Å². The predicted molar refractivity (Wildman–Crippen MR) is 80.8 cm³/mol. The number of anilines is 2. The smallest absolute Gasteiger partial charge is 0.225 e. The molecular weight excluding hydrogens is 276 g/mol. The molecule has 0 amide bonds. The molecule has 1 aromatic heterocycles. The molecule has 0 bridgehead atoms. The van der Waals surface area contributed by atoms with Crippen molar-refractivity contribution >= 4 is 21.6 Å². The van der Waals surface area contributed by atoms with Crippen LogP contribution in [0, 0.1) is 12.8 Å². The largest absolute Gasteiger partial charge is 0.370 e. The van der Waals surface area contributed by atoms with Crippen molar-refractivity contribution in [2.45, 2.75) is 33.2 Å². The van der Waals surface area contributed by atoms with Gasteiger partial charge in [-0.15, -0.1) is 0 Å². The molecular formula is C13H22N4O2S. The van der Waals surface area contributed by atoms with Crippen LogP contribution in [0.25, 0.3) is 0 Å². The summed E-state index contributed by atoms with van der Waals surface area (Å²) in [5, 5.41) is 6.38. The second kappa shape index (κ2) is 5.95. The Hall–Kier alpha value is -1.37. The van der Waals surface area contributed by atoms with Crippen molar-refractivity contribution in [2.24, 2.45) is 5.92 Å². The summed E-state index contributed by atoms with van der Waals surface area (Å²) in [5.41, 5.74) is 0.856. The number of hydrogen-bond acceptors (Lipinski definition) is 6. The van der Waals surface area contributed by atoms with Crippen LogP contribution in [0.2, 0.25) is 0 Å². The molecule has 0 spiro atoms. The van der Waals surface area contributed by atoms with Crippen molar-refractivity contribution < 1.29 is 8.42 Å². The fourth-order valence-electron chi connectivity index (χ4n) is 2.12. The van der Waals surface area contributed by atoms with Crippen molar-refractivity contribution in [2.75, 3.05) is 28.7 Å². The molecule has 1 unspecified atom stereocenters. The maximum atomic E-state index is 11.4. The van der Waals surface area contributed by atoms with E-state index in [1.807, 2.05) is 13.0 Å². The highest BCUT2D eigenvalue weighted by atomic mass is 32.2. The standard InChI is InChI=1S/C13H22N4O2S/c1-9(2)7-14-12-6-10(3)15-13(17-12)16-11-4-5-20(18,19)8-11/h6,9,11H,4-5,7-8H2,1-3H3,(H2,14,15,16,17). The van der Waals surface area contributed by atoms with E-state index in [1.54, 1.807) is 0 Å². The molecule has 1 aliphatic heterocycles. The summed E-state index contributed by atoms with van der Waals surface area (Å²) in [6.07, 6.45) is 0.619. The van der Waals surface area contributed by atoms with Gasteiger partial charge in [-0.2, -0.15) is 4.98 Å². The van der Waals surface area contributed by atoms with Gasteiger partial charge in [0.25, 0.3) is 0 Å². The van der Waals surface area contributed by atoms with Gasteiger partial charge in [-0.05, 0) is 19.3 Å². The minimum Gasteiger partial charge on any atom is -0.370 e. The van der Waals surface area contributed by atoms with Crippen LogP contribution in [0.15, 0.2) is 6.07 Å². The molecule has 2 N–H and O–H groups in total. The molecule has 0 aliphatic carbocycles. The van der Waals surface area contributed by atoms with Gasteiger partial charge >= 0.3 is 0 Å². The van der Waals surface area contributed by atoms with Crippen molar-refractivity contribution in [3.8, 4) is 0 Å². The van der Waals surface area contributed by atoms with E-state index in [1.165, 1.54) is 0 Å². The quantitative estimate of drug-likeness (QED) is 0.856. The van der Waals surface area contributed by atoms with Crippen molar-refractivity contribution in [1.82, 2.24) is 9.97 Å². The molecule has 112 valence electrons. The number of aromatic nitrogens is 2. The third-order valence-electron chi connectivity index (χ3n) is 3.11. The summed E-state index contributed by atoms with van der Waals surface area (Å²) < 4.78 is 22.9. The van der Waals surface area contributed by atoms with Gasteiger partial charge in [0, 0.05) is 24.3 Å². The maximum absolute atomic E-state index is 11.4. The molecule has 2 rings (SSSR count). The number of nitrogens with zero attached hydrogens (tertiary/aromatic N) is 2. The van der Waals surface area contributed by atoms with E-state index in [0.29, 0.717) is 18.3 Å². The number of aryl methyl sites for hydroxylation is 1. The van der Waals surface area contributed by atoms with Crippen LogP contribution in [0.4, 0.5) is 11.8 Å². The Kier molecular flexibility index (Phi) is 4.47. The fourth-order valence-corrected chi connectivity index (χ4v) is 3.80. The third-order valence-corrected chi connectivity index (χ3v) is 4.88. The lowest BCUT2D eigenvalue weighted by molar-refractivity contribution is 0.602. The van der Waals surface area contributed by atoms with Gasteiger partial charge in [-0.1, -0.05) is 13.8 Å². The van der Waals surface area contributed by atoms with Gasteiger partial charge in [0.1, 0.15) is 5.82 Å². The Bertz CT molecular complexity index is 572. The predicted octanol–water partition coefficient (Wildman–Crippen LogP) is 1.45. The summed E-state index contributed by atoms with van der Waals surface area (Å²) >= 11 is 0. The molecule has 1 aromatic rings. The Balaban J connectivity index is 2.04. The minimum absolute atomic E-state index is 0.0836. The highest BCUT2D eigenvalue weighted by Gasteiger charge is 2.28. The lowest BCUT2D eigenvalue weighted by Gasteiger charge is -2.14.